The standard InChI is InChI=1S/C24H24N4O2/c25-21-11-18-8-15(12-26-23(18)27-24(21)30)6-7-22(29)28-13-19-9-17(10-20(19)14-28)16-4-2-1-3-5-16/h1-9,12,19-21H,10-11,13-14,25H2,(H,26,27,30)/b7-6+. The van der Waals surface area contributed by atoms with Gasteiger partial charge in [0.2, 0.25) is 11.8 Å². The summed E-state index contributed by atoms with van der Waals surface area (Å²) in [6.45, 7) is 1.57. The molecule has 0 spiro atoms. The number of carbonyl (C=O) groups excluding carboxylic acids is 2. The monoisotopic (exact) mass is 400 g/mol. The summed E-state index contributed by atoms with van der Waals surface area (Å²) in [5.74, 6) is 1.32. The SMILES string of the molecule is NC1Cc2cc(/C=C/C(=O)N3CC4C=C(c5ccccc5)CC4C3)cnc2NC1=O. The number of rotatable bonds is 3. The topological polar surface area (TPSA) is 88.3 Å². The van der Waals surface area contributed by atoms with Gasteiger partial charge >= 0.3 is 0 Å². The lowest BCUT2D eigenvalue weighted by Gasteiger charge is -2.20. The largest absolute Gasteiger partial charge is 0.338 e. The molecule has 1 saturated heterocycles. The van der Waals surface area contributed by atoms with Gasteiger partial charge < -0.3 is 16.0 Å². The molecule has 3 unspecified atom stereocenters. The molecular weight excluding hydrogens is 376 g/mol. The molecule has 1 aromatic carbocycles. The number of allylic oxidation sites excluding steroid dienone is 1. The third-order valence-corrected chi connectivity index (χ3v) is 6.27. The van der Waals surface area contributed by atoms with E-state index in [1.165, 1.54) is 11.1 Å². The van der Waals surface area contributed by atoms with Gasteiger partial charge in [-0.2, -0.15) is 0 Å². The Morgan fingerprint density at radius 1 is 1.20 bits per heavy atom. The molecular formula is C24H24N4O2. The Bertz CT molecular complexity index is 1060. The maximum Gasteiger partial charge on any atom is 0.246 e. The summed E-state index contributed by atoms with van der Waals surface area (Å²) in [7, 11) is 0. The van der Waals surface area contributed by atoms with Crippen molar-refractivity contribution in [3.63, 3.8) is 0 Å². The number of likely N-dealkylation sites (tertiary alicyclic amines) is 1. The zero-order valence-corrected chi connectivity index (χ0v) is 16.6. The molecule has 3 aliphatic rings. The van der Waals surface area contributed by atoms with Gasteiger partial charge in [0.05, 0.1) is 6.04 Å². The Morgan fingerprint density at radius 3 is 2.83 bits per heavy atom. The molecule has 2 aliphatic heterocycles. The number of anilines is 1. The Hall–Kier alpha value is -3.25. The number of carbonyl (C=O) groups is 2. The van der Waals surface area contributed by atoms with Crippen molar-refractivity contribution in [2.24, 2.45) is 17.6 Å². The molecule has 0 bridgehead atoms. The fraction of sp³-hybridized carbons (Fsp3) is 0.292. The normalized spacial score (nSPS) is 25.1. The number of nitrogens with two attached hydrogens (primary N) is 1. The fourth-order valence-corrected chi connectivity index (χ4v) is 4.66. The lowest BCUT2D eigenvalue weighted by molar-refractivity contribution is -0.125. The van der Waals surface area contributed by atoms with Crippen LogP contribution in [0.1, 0.15) is 23.1 Å². The van der Waals surface area contributed by atoms with Crippen LogP contribution < -0.4 is 11.1 Å². The van der Waals surface area contributed by atoms with Crippen LogP contribution in [0, 0.1) is 11.8 Å². The lowest BCUT2D eigenvalue weighted by Crippen LogP contribution is -2.41. The van der Waals surface area contributed by atoms with Gasteiger partial charge in [0.15, 0.2) is 0 Å². The number of fused-ring (bicyclic) bond motifs is 2. The van der Waals surface area contributed by atoms with E-state index in [9.17, 15) is 9.59 Å². The molecule has 3 N–H and O–H groups in total. The number of nitrogens with one attached hydrogen (secondary N) is 1. The molecule has 0 saturated carbocycles. The van der Waals surface area contributed by atoms with Gasteiger partial charge in [-0.1, -0.05) is 36.4 Å². The summed E-state index contributed by atoms with van der Waals surface area (Å²) in [4.78, 5) is 30.6. The summed E-state index contributed by atoms with van der Waals surface area (Å²) in [5, 5.41) is 2.70. The van der Waals surface area contributed by atoms with Crippen LogP contribution in [0.15, 0.2) is 54.7 Å². The van der Waals surface area contributed by atoms with Gasteiger partial charge in [0.1, 0.15) is 5.82 Å². The molecule has 30 heavy (non-hydrogen) atoms. The highest BCUT2D eigenvalue weighted by Gasteiger charge is 2.37. The minimum absolute atomic E-state index is 0.0294. The van der Waals surface area contributed by atoms with E-state index in [2.05, 4.69) is 40.6 Å². The van der Waals surface area contributed by atoms with Crippen LogP contribution in [-0.4, -0.2) is 40.8 Å². The summed E-state index contributed by atoms with van der Waals surface area (Å²) in [6, 6.07) is 11.9. The minimum atomic E-state index is -0.557. The Labute approximate surface area is 175 Å². The van der Waals surface area contributed by atoms with Crippen molar-refractivity contribution in [1.29, 1.82) is 0 Å². The summed E-state index contributed by atoms with van der Waals surface area (Å²) < 4.78 is 0. The summed E-state index contributed by atoms with van der Waals surface area (Å²) in [5.41, 5.74) is 10.2. The molecule has 1 fully saturated rings. The molecule has 0 radical (unpaired) electrons. The Kier molecular flexibility index (Phi) is 4.71. The number of pyridine rings is 1. The van der Waals surface area contributed by atoms with E-state index < -0.39 is 6.04 Å². The first-order valence-electron chi connectivity index (χ1n) is 10.4. The van der Waals surface area contributed by atoms with E-state index in [0.717, 1.165) is 30.6 Å². The summed E-state index contributed by atoms with van der Waals surface area (Å²) >= 11 is 0. The van der Waals surface area contributed by atoms with Gasteiger partial charge in [0.25, 0.3) is 0 Å². The van der Waals surface area contributed by atoms with Crippen molar-refractivity contribution in [2.45, 2.75) is 18.9 Å². The number of hydrogen-bond donors (Lipinski definition) is 2. The van der Waals surface area contributed by atoms with Crippen LogP contribution in [-0.2, 0) is 16.0 Å². The van der Waals surface area contributed by atoms with Crippen LogP contribution in [0.3, 0.4) is 0 Å². The zero-order chi connectivity index (χ0) is 20.7. The van der Waals surface area contributed by atoms with Crippen molar-refractivity contribution in [3.8, 4) is 0 Å². The number of aromatic nitrogens is 1. The van der Waals surface area contributed by atoms with Crippen LogP contribution in [0.5, 0.6) is 0 Å². The van der Waals surface area contributed by atoms with Gasteiger partial charge in [-0.25, -0.2) is 4.98 Å². The number of benzene rings is 1. The maximum atomic E-state index is 12.7. The van der Waals surface area contributed by atoms with Crippen molar-refractivity contribution < 1.29 is 9.59 Å². The highest BCUT2D eigenvalue weighted by molar-refractivity contribution is 5.97. The average molecular weight is 400 g/mol. The molecule has 1 aromatic heterocycles. The predicted molar refractivity (Wildman–Crippen MR) is 116 cm³/mol. The summed E-state index contributed by atoms with van der Waals surface area (Å²) in [6.07, 6.45) is 8.90. The van der Waals surface area contributed by atoms with Crippen molar-refractivity contribution in [1.82, 2.24) is 9.88 Å². The van der Waals surface area contributed by atoms with E-state index in [0.29, 0.717) is 24.1 Å². The number of nitrogens with zero attached hydrogens (tertiary/aromatic N) is 2. The van der Waals surface area contributed by atoms with Gasteiger partial charge in [-0.05, 0) is 52.7 Å². The van der Waals surface area contributed by atoms with E-state index >= 15 is 0 Å². The van der Waals surface area contributed by atoms with Gasteiger partial charge in [-0.15, -0.1) is 0 Å². The molecule has 2 aromatic rings. The van der Waals surface area contributed by atoms with Crippen LogP contribution in [0.2, 0.25) is 0 Å². The first-order valence-corrected chi connectivity index (χ1v) is 10.4. The Balaban J connectivity index is 1.23. The van der Waals surface area contributed by atoms with Crippen molar-refractivity contribution in [3.05, 3.63) is 71.4 Å². The minimum Gasteiger partial charge on any atom is -0.338 e. The smallest absolute Gasteiger partial charge is 0.246 e. The molecule has 6 heteroatoms. The maximum absolute atomic E-state index is 12.7. The lowest BCUT2D eigenvalue weighted by atomic mass is 9.98. The molecule has 6 nitrogen and oxygen atoms in total. The Morgan fingerprint density at radius 2 is 2.03 bits per heavy atom. The zero-order valence-electron chi connectivity index (χ0n) is 16.6. The first-order chi connectivity index (χ1) is 14.6. The highest BCUT2D eigenvalue weighted by Crippen LogP contribution is 2.40. The van der Waals surface area contributed by atoms with Gasteiger partial charge in [-0.3, -0.25) is 9.59 Å². The van der Waals surface area contributed by atoms with E-state index in [-0.39, 0.29) is 11.8 Å². The molecule has 3 atom stereocenters. The molecule has 152 valence electrons. The third kappa shape index (κ3) is 3.55. The van der Waals surface area contributed by atoms with E-state index in [1.807, 2.05) is 17.0 Å². The third-order valence-electron chi connectivity index (χ3n) is 6.27. The molecule has 2 amide bonds. The second-order valence-electron chi connectivity index (χ2n) is 8.34. The molecule has 3 heterocycles. The molecule has 1 aliphatic carbocycles. The number of hydrogen-bond acceptors (Lipinski definition) is 4. The van der Waals surface area contributed by atoms with Crippen LogP contribution in [0.25, 0.3) is 11.6 Å². The van der Waals surface area contributed by atoms with E-state index in [4.69, 9.17) is 5.73 Å². The van der Waals surface area contributed by atoms with Crippen LogP contribution >= 0.6 is 0 Å². The van der Waals surface area contributed by atoms with Crippen molar-refractivity contribution in [2.75, 3.05) is 18.4 Å². The highest BCUT2D eigenvalue weighted by atomic mass is 16.2. The average Bonchev–Trinajstić information content (AvgIpc) is 3.33. The second-order valence-corrected chi connectivity index (χ2v) is 8.34. The van der Waals surface area contributed by atoms with Gasteiger partial charge in [0, 0.05) is 31.8 Å². The van der Waals surface area contributed by atoms with Crippen LogP contribution in [0.4, 0.5) is 5.82 Å². The predicted octanol–water partition coefficient (Wildman–Crippen LogP) is 2.48. The fourth-order valence-electron chi connectivity index (χ4n) is 4.66. The number of amides is 2. The van der Waals surface area contributed by atoms with E-state index in [1.54, 1.807) is 18.3 Å². The quantitative estimate of drug-likeness (QED) is 0.775. The van der Waals surface area contributed by atoms with Crippen molar-refractivity contribution >= 4 is 29.3 Å². The second kappa shape index (κ2) is 7.54. The molecule has 5 rings (SSSR count). The first kappa shape index (κ1) is 18.8.